The number of nitrogens with one attached hydrogen (secondary N) is 1. The number of hydrogen-bond acceptors (Lipinski definition) is 6. The number of methoxy groups -OCH3 is 1. The maximum Gasteiger partial charge on any atom is 0.176 e. The largest absolute Gasteiger partial charge is 0.503 e. The first-order valence-corrected chi connectivity index (χ1v) is 13.4. The normalized spacial score (nSPS) is 20.5. The molecule has 1 heterocycles. The number of anilines is 1. The van der Waals surface area contributed by atoms with Gasteiger partial charge >= 0.3 is 0 Å². The number of hydrogen-bond donors (Lipinski definition) is 3. The lowest BCUT2D eigenvalue weighted by molar-refractivity contribution is 0.0923. The molecule has 5 rings (SSSR count). The number of ketones is 1. The summed E-state index contributed by atoms with van der Waals surface area (Å²) in [6.07, 6.45) is 10.1. The smallest absolute Gasteiger partial charge is 0.176 e. The predicted molar refractivity (Wildman–Crippen MR) is 145 cm³/mol. The lowest BCUT2D eigenvalue weighted by atomic mass is 9.85. The number of ether oxygens (including phenoxy) is 1. The topological polar surface area (TPSA) is 97.5 Å². The second kappa shape index (κ2) is 10.7. The summed E-state index contributed by atoms with van der Waals surface area (Å²) in [5.74, 6) is 1.08. The van der Waals surface area contributed by atoms with Crippen molar-refractivity contribution in [1.29, 1.82) is 0 Å². The number of nitrogens with two attached hydrogens (primary N) is 1. The molecule has 7 heteroatoms. The van der Waals surface area contributed by atoms with Crippen LogP contribution in [0.25, 0.3) is 22.0 Å². The van der Waals surface area contributed by atoms with Gasteiger partial charge in [-0.15, -0.1) is 0 Å². The summed E-state index contributed by atoms with van der Waals surface area (Å²) in [7, 11) is 1.50. The number of phenolic OH excluding ortho intramolecular Hbond substituents is 1. The van der Waals surface area contributed by atoms with E-state index in [0.29, 0.717) is 23.3 Å². The van der Waals surface area contributed by atoms with Gasteiger partial charge in [0.05, 0.1) is 28.9 Å². The van der Waals surface area contributed by atoms with Crippen LogP contribution in [0.5, 0.6) is 11.5 Å². The molecule has 190 valence electrons. The van der Waals surface area contributed by atoms with Gasteiger partial charge in [-0.3, -0.25) is 9.78 Å². The molecule has 6 nitrogen and oxygen atoms in total. The number of aromatic nitrogens is 1. The van der Waals surface area contributed by atoms with Gasteiger partial charge in [0.25, 0.3) is 0 Å². The zero-order chi connectivity index (χ0) is 25.2. The summed E-state index contributed by atoms with van der Waals surface area (Å²) >= 11 is 6.28. The van der Waals surface area contributed by atoms with Crippen molar-refractivity contribution in [2.75, 3.05) is 19.0 Å². The van der Waals surface area contributed by atoms with Crippen molar-refractivity contribution in [1.82, 2.24) is 4.98 Å². The summed E-state index contributed by atoms with van der Waals surface area (Å²) in [6, 6.07) is 9.79. The molecule has 0 bridgehead atoms. The van der Waals surface area contributed by atoms with E-state index in [1.165, 1.54) is 7.11 Å². The Labute approximate surface area is 217 Å². The van der Waals surface area contributed by atoms with E-state index >= 15 is 0 Å². The van der Waals surface area contributed by atoms with Crippen molar-refractivity contribution in [3.05, 3.63) is 47.1 Å². The maximum absolute atomic E-state index is 13.6. The van der Waals surface area contributed by atoms with Crippen LogP contribution in [0, 0.1) is 11.8 Å². The highest BCUT2D eigenvalue weighted by atomic mass is 35.5. The molecule has 0 unspecified atom stereocenters. The van der Waals surface area contributed by atoms with Gasteiger partial charge in [0.15, 0.2) is 17.3 Å². The number of halogens is 1. The van der Waals surface area contributed by atoms with Crippen LogP contribution >= 0.6 is 11.6 Å². The highest BCUT2D eigenvalue weighted by molar-refractivity contribution is 6.32. The molecular weight excluding hydrogens is 474 g/mol. The van der Waals surface area contributed by atoms with Gasteiger partial charge in [0, 0.05) is 23.5 Å². The minimum absolute atomic E-state index is 0.0705. The van der Waals surface area contributed by atoms with Crippen LogP contribution in [-0.2, 0) is 0 Å². The summed E-state index contributed by atoms with van der Waals surface area (Å²) in [5, 5.41) is 15.1. The zero-order valence-electron chi connectivity index (χ0n) is 20.7. The predicted octanol–water partition coefficient (Wildman–Crippen LogP) is 6.57. The molecule has 0 aliphatic heterocycles. The molecule has 1 aromatic heterocycles. The molecule has 0 radical (unpaired) electrons. The van der Waals surface area contributed by atoms with E-state index < -0.39 is 0 Å². The fourth-order valence-corrected chi connectivity index (χ4v) is 5.98. The Morgan fingerprint density at radius 3 is 2.56 bits per heavy atom. The van der Waals surface area contributed by atoms with E-state index in [1.807, 2.05) is 12.1 Å². The number of nitrogens with zero attached hydrogens (tertiary/aromatic N) is 1. The highest BCUT2D eigenvalue weighted by Crippen LogP contribution is 2.41. The molecule has 2 fully saturated rings. The molecule has 2 aromatic carbocycles. The SMILES string of the molecule is COc1cc(-c2ccc3ncc(C(=O)C4CCCC4)c(NC4CCC(CN)CC4)c3c2)cc(Cl)c1O. The first-order chi connectivity index (χ1) is 17.5. The van der Waals surface area contributed by atoms with Crippen LogP contribution < -0.4 is 15.8 Å². The number of aromatic hydroxyl groups is 1. The zero-order valence-corrected chi connectivity index (χ0v) is 21.5. The second-order valence-electron chi connectivity index (χ2n) is 10.2. The Morgan fingerprint density at radius 2 is 1.86 bits per heavy atom. The summed E-state index contributed by atoms with van der Waals surface area (Å²) < 4.78 is 5.31. The Bertz CT molecular complexity index is 1260. The third-order valence-electron chi connectivity index (χ3n) is 7.97. The van der Waals surface area contributed by atoms with E-state index in [9.17, 15) is 9.90 Å². The Hall–Kier alpha value is -2.83. The van der Waals surface area contributed by atoms with E-state index in [0.717, 1.165) is 85.6 Å². The lowest BCUT2D eigenvalue weighted by Crippen LogP contribution is -2.30. The fourth-order valence-electron chi connectivity index (χ4n) is 5.77. The number of carbonyl (C=O) groups is 1. The summed E-state index contributed by atoms with van der Waals surface area (Å²) in [5.41, 5.74) is 10.0. The van der Waals surface area contributed by atoms with Crippen LogP contribution in [0.3, 0.4) is 0 Å². The van der Waals surface area contributed by atoms with Crippen molar-refractivity contribution in [2.45, 2.75) is 57.4 Å². The number of rotatable bonds is 7. The van der Waals surface area contributed by atoms with Crippen molar-refractivity contribution >= 4 is 34.0 Å². The molecule has 0 saturated heterocycles. The third kappa shape index (κ3) is 4.89. The molecule has 36 heavy (non-hydrogen) atoms. The van der Waals surface area contributed by atoms with Gasteiger partial charge in [0.1, 0.15) is 0 Å². The van der Waals surface area contributed by atoms with Crippen molar-refractivity contribution in [3.8, 4) is 22.6 Å². The average Bonchev–Trinajstić information content (AvgIpc) is 3.45. The maximum atomic E-state index is 13.6. The number of fused-ring (bicyclic) bond motifs is 1. The lowest BCUT2D eigenvalue weighted by Gasteiger charge is -2.30. The molecule has 2 aliphatic rings. The van der Waals surface area contributed by atoms with Crippen molar-refractivity contribution in [2.24, 2.45) is 17.6 Å². The highest BCUT2D eigenvalue weighted by Gasteiger charge is 2.28. The molecular formula is C29H34ClN3O3. The Balaban J connectivity index is 1.59. The van der Waals surface area contributed by atoms with E-state index in [-0.39, 0.29) is 22.5 Å². The Morgan fingerprint density at radius 1 is 1.11 bits per heavy atom. The third-order valence-corrected chi connectivity index (χ3v) is 8.26. The monoisotopic (exact) mass is 507 g/mol. The van der Waals surface area contributed by atoms with Gasteiger partial charge in [-0.25, -0.2) is 0 Å². The average molecular weight is 508 g/mol. The number of phenols is 1. The first kappa shape index (κ1) is 24.8. The number of carbonyl (C=O) groups excluding carboxylic acids is 1. The van der Waals surface area contributed by atoms with Crippen molar-refractivity contribution < 1.29 is 14.6 Å². The standard InChI is InChI=1S/C29H34ClN3O3/c1-36-26-14-20(13-24(30)29(26)35)19-8-11-25-22(12-19)27(33-21-9-6-17(15-31)7-10-21)23(16-32-25)28(34)18-4-2-3-5-18/h8,11-14,16-18,21,35H,2-7,9-10,15,31H2,1H3,(H,32,33). The minimum atomic E-state index is -0.0785. The van der Waals surface area contributed by atoms with Gasteiger partial charge in [0.2, 0.25) is 0 Å². The Kier molecular flexibility index (Phi) is 7.35. The molecule has 0 atom stereocenters. The van der Waals surface area contributed by atoms with Crippen LogP contribution in [0.15, 0.2) is 36.5 Å². The van der Waals surface area contributed by atoms with Gasteiger partial charge in [-0.05, 0) is 86.4 Å². The molecule has 3 aromatic rings. The number of pyridine rings is 1. The second-order valence-corrected chi connectivity index (χ2v) is 10.6. The molecule has 4 N–H and O–H groups in total. The van der Waals surface area contributed by atoms with E-state index in [4.69, 9.17) is 22.1 Å². The van der Waals surface area contributed by atoms with Gasteiger partial charge in [-0.2, -0.15) is 0 Å². The van der Waals surface area contributed by atoms with Gasteiger partial charge < -0.3 is 20.9 Å². The molecule has 0 amide bonds. The molecule has 0 spiro atoms. The van der Waals surface area contributed by atoms with Crippen LogP contribution in [0.1, 0.15) is 61.7 Å². The number of benzene rings is 2. The van der Waals surface area contributed by atoms with Crippen LogP contribution in [-0.4, -0.2) is 35.6 Å². The van der Waals surface area contributed by atoms with Crippen LogP contribution in [0.2, 0.25) is 5.02 Å². The van der Waals surface area contributed by atoms with Gasteiger partial charge in [-0.1, -0.05) is 30.5 Å². The summed E-state index contributed by atoms with van der Waals surface area (Å²) in [4.78, 5) is 18.3. The van der Waals surface area contributed by atoms with Crippen LogP contribution in [0.4, 0.5) is 5.69 Å². The minimum Gasteiger partial charge on any atom is -0.503 e. The molecule has 2 aliphatic carbocycles. The fraction of sp³-hybridized carbons (Fsp3) is 0.448. The number of Topliss-reactive ketones (excluding diaryl/α,β-unsaturated/α-hetero) is 1. The molecule has 2 saturated carbocycles. The van der Waals surface area contributed by atoms with E-state index in [1.54, 1.807) is 18.3 Å². The summed E-state index contributed by atoms with van der Waals surface area (Å²) in [6.45, 7) is 0.734. The first-order valence-electron chi connectivity index (χ1n) is 13.0. The quantitative estimate of drug-likeness (QED) is 0.313. The van der Waals surface area contributed by atoms with Crippen molar-refractivity contribution in [3.63, 3.8) is 0 Å². The van der Waals surface area contributed by atoms with E-state index in [2.05, 4.69) is 16.4 Å².